The van der Waals surface area contributed by atoms with E-state index >= 15 is 0 Å². The highest BCUT2D eigenvalue weighted by atomic mass is 32.1. The molecule has 0 aliphatic rings. The van der Waals surface area contributed by atoms with Gasteiger partial charge in [0.1, 0.15) is 0 Å². The van der Waals surface area contributed by atoms with Gasteiger partial charge in [-0.2, -0.15) is 0 Å². The number of thiazole rings is 1. The summed E-state index contributed by atoms with van der Waals surface area (Å²) in [7, 11) is 0. The Labute approximate surface area is 140 Å². The van der Waals surface area contributed by atoms with Crippen LogP contribution < -0.4 is 5.32 Å². The Kier molecular flexibility index (Phi) is 4.72. The standard InChI is InChI=1S/C19H20N2OS/c1-13(2)11-18(22)20-15-9-7-14(8-10-15)12-19-21-16-5-3-4-6-17(16)23-19/h3-10,13H,11-12H2,1-2H3,(H,20,22). The van der Waals surface area contributed by atoms with Gasteiger partial charge in [-0.1, -0.05) is 38.1 Å². The van der Waals surface area contributed by atoms with Gasteiger partial charge in [0.15, 0.2) is 0 Å². The maximum Gasteiger partial charge on any atom is 0.224 e. The molecule has 0 radical (unpaired) electrons. The van der Waals surface area contributed by atoms with Crippen LogP contribution in [0.15, 0.2) is 48.5 Å². The number of amides is 1. The summed E-state index contributed by atoms with van der Waals surface area (Å²) in [5.41, 5.74) is 3.11. The fraction of sp³-hybridized carbons (Fsp3) is 0.263. The first kappa shape index (κ1) is 15.7. The van der Waals surface area contributed by atoms with Crippen molar-refractivity contribution in [1.82, 2.24) is 4.98 Å². The monoisotopic (exact) mass is 324 g/mol. The second-order valence-electron chi connectivity index (χ2n) is 6.10. The van der Waals surface area contributed by atoms with Crippen LogP contribution in [0.25, 0.3) is 10.2 Å². The van der Waals surface area contributed by atoms with Crippen molar-refractivity contribution in [2.75, 3.05) is 5.32 Å². The van der Waals surface area contributed by atoms with Gasteiger partial charge in [-0.15, -0.1) is 11.3 Å². The van der Waals surface area contributed by atoms with Crippen LogP contribution in [0.1, 0.15) is 30.8 Å². The highest BCUT2D eigenvalue weighted by Gasteiger charge is 2.07. The summed E-state index contributed by atoms with van der Waals surface area (Å²) in [5.74, 6) is 0.437. The van der Waals surface area contributed by atoms with Crippen LogP contribution in [-0.2, 0) is 11.2 Å². The molecule has 118 valence electrons. The SMILES string of the molecule is CC(C)CC(=O)Nc1ccc(Cc2nc3ccccc3s2)cc1. The Hall–Kier alpha value is -2.20. The van der Waals surface area contributed by atoms with Crippen LogP contribution in [0.5, 0.6) is 0 Å². The number of rotatable bonds is 5. The molecule has 0 saturated heterocycles. The Balaban J connectivity index is 1.66. The lowest BCUT2D eigenvalue weighted by atomic mass is 10.1. The smallest absolute Gasteiger partial charge is 0.224 e. The molecule has 23 heavy (non-hydrogen) atoms. The zero-order valence-electron chi connectivity index (χ0n) is 13.4. The molecule has 0 spiro atoms. The minimum Gasteiger partial charge on any atom is -0.326 e. The van der Waals surface area contributed by atoms with Crippen molar-refractivity contribution >= 4 is 33.1 Å². The van der Waals surface area contributed by atoms with Crippen LogP contribution in [-0.4, -0.2) is 10.9 Å². The summed E-state index contributed by atoms with van der Waals surface area (Å²) in [4.78, 5) is 16.4. The third kappa shape index (κ3) is 4.17. The number of para-hydroxylation sites is 1. The molecule has 0 aliphatic carbocycles. The average molecular weight is 324 g/mol. The molecule has 1 amide bonds. The van der Waals surface area contributed by atoms with Gasteiger partial charge in [-0.3, -0.25) is 4.79 Å². The van der Waals surface area contributed by atoms with E-state index in [1.54, 1.807) is 11.3 Å². The summed E-state index contributed by atoms with van der Waals surface area (Å²) in [6.45, 7) is 4.08. The van der Waals surface area contributed by atoms with E-state index in [4.69, 9.17) is 0 Å². The van der Waals surface area contributed by atoms with Crippen LogP contribution in [0, 0.1) is 5.92 Å². The minimum absolute atomic E-state index is 0.0684. The number of anilines is 1. The number of nitrogens with zero attached hydrogens (tertiary/aromatic N) is 1. The number of nitrogens with one attached hydrogen (secondary N) is 1. The lowest BCUT2D eigenvalue weighted by Crippen LogP contribution is -2.13. The topological polar surface area (TPSA) is 42.0 Å². The third-order valence-corrected chi connectivity index (χ3v) is 4.56. The van der Waals surface area contributed by atoms with E-state index in [1.165, 1.54) is 10.3 Å². The molecule has 0 fully saturated rings. The zero-order valence-corrected chi connectivity index (χ0v) is 14.2. The van der Waals surface area contributed by atoms with Gasteiger partial charge in [0.2, 0.25) is 5.91 Å². The number of fused-ring (bicyclic) bond motifs is 1. The van der Waals surface area contributed by atoms with Gasteiger partial charge in [-0.05, 0) is 35.7 Å². The van der Waals surface area contributed by atoms with Crippen molar-refractivity contribution in [1.29, 1.82) is 0 Å². The van der Waals surface area contributed by atoms with Gasteiger partial charge in [0, 0.05) is 18.5 Å². The molecular weight excluding hydrogens is 304 g/mol. The molecule has 2 aromatic carbocycles. The largest absolute Gasteiger partial charge is 0.326 e. The van der Waals surface area contributed by atoms with E-state index in [0.717, 1.165) is 22.6 Å². The van der Waals surface area contributed by atoms with Crippen molar-refractivity contribution in [2.24, 2.45) is 5.92 Å². The van der Waals surface area contributed by atoms with Gasteiger partial charge < -0.3 is 5.32 Å². The van der Waals surface area contributed by atoms with E-state index < -0.39 is 0 Å². The summed E-state index contributed by atoms with van der Waals surface area (Å²) in [5, 5.41) is 4.05. The van der Waals surface area contributed by atoms with E-state index in [0.29, 0.717) is 12.3 Å². The first-order chi connectivity index (χ1) is 11.1. The summed E-state index contributed by atoms with van der Waals surface area (Å²) >= 11 is 1.73. The van der Waals surface area contributed by atoms with E-state index in [1.807, 2.05) is 44.2 Å². The van der Waals surface area contributed by atoms with Crippen molar-refractivity contribution in [3.8, 4) is 0 Å². The highest BCUT2D eigenvalue weighted by molar-refractivity contribution is 7.18. The molecule has 0 atom stereocenters. The lowest BCUT2D eigenvalue weighted by molar-refractivity contribution is -0.116. The number of benzene rings is 2. The molecule has 1 heterocycles. The van der Waals surface area contributed by atoms with Crippen LogP contribution >= 0.6 is 11.3 Å². The molecule has 4 heteroatoms. The number of carbonyl (C=O) groups is 1. The van der Waals surface area contributed by atoms with E-state index in [-0.39, 0.29) is 5.91 Å². The second-order valence-corrected chi connectivity index (χ2v) is 7.21. The predicted octanol–water partition coefficient (Wildman–Crippen LogP) is 4.87. The third-order valence-electron chi connectivity index (χ3n) is 3.52. The molecule has 1 aromatic heterocycles. The Bertz CT molecular complexity index is 773. The average Bonchev–Trinajstić information content (AvgIpc) is 2.90. The molecule has 3 aromatic rings. The Morgan fingerprint density at radius 1 is 1.13 bits per heavy atom. The summed E-state index contributed by atoms with van der Waals surface area (Å²) in [6.07, 6.45) is 1.37. The molecule has 3 nitrogen and oxygen atoms in total. The Morgan fingerprint density at radius 3 is 2.57 bits per heavy atom. The lowest BCUT2D eigenvalue weighted by Gasteiger charge is -2.07. The first-order valence-electron chi connectivity index (χ1n) is 7.83. The van der Waals surface area contributed by atoms with Gasteiger partial charge in [-0.25, -0.2) is 4.98 Å². The van der Waals surface area contributed by atoms with Crippen LogP contribution in [0.2, 0.25) is 0 Å². The van der Waals surface area contributed by atoms with Gasteiger partial charge in [0.05, 0.1) is 15.2 Å². The maximum atomic E-state index is 11.8. The van der Waals surface area contributed by atoms with Crippen molar-refractivity contribution in [3.05, 3.63) is 59.1 Å². The summed E-state index contributed by atoms with van der Waals surface area (Å²) in [6, 6.07) is 16.2. The second kappa shape index (κ2) is 6.92. The predicted molar refractivity (Wildman–Crippen MR) is 97.0 cm³/mol. The van der Waals surface area contributed by atoms with Crippen LogP contribution in [0.3, 0.4) is 0 Å². The van der Waals surface area contributed by atoms with Gasteiger partial charge in [0.25, 0.3) is 0 Å². The molecule has 0 saturated carbocycles. The number of hydrogen-bond acceptors (Lipinski definition) is 3. The quantitative estimate of drug-likeness (QED) is 0.727. The Morgan fingerprint density at radius 2 is 1.87 bits per heavy atom. The molecule has 3 rings (SSSR count). The van der Waals surface area contributed by atoms with Crippen molar-refractivity contribution < 1.29 is 4.79 Å². The fourth-order valence-corrected chi connectivity index (χ4v) is 3.46. The highest BCUT2D eigenvalue weighted by Crippen LogP contribution is 2.24. The van der Waals surface area contributed by atoms with E-state index in [9.17, 15) is 4.79 Å². The maximum absolute atomic E-state index is 11.8. The van der Waals surface area contributed by atoms with Crippen molar-refractivity contribution in [3.63, 3.8) is 0 Å². The number of carbonyl (C=O) groups excluding carboxylic acids is 1. The minimum atomic E-state index is 0.0684. The zero-order chi connectivity index (χ0) is 16.2. The normalized spacial score (nSPS) is 11.1. The molecular formula is C19H20N2OS. The van der Waals surface area contributed by atoms with Crippen molar-refractivity contribution in [2.45, 2.75) is 26.7 Å². The number of hydrogen-bond donors (Lipinski definition) is 1. The molecule has 0 bridgehead atoms. The van der Waals surface area contributed by atoms with Crippen LogP contribution in [0.4, 0.5) is 5.69 Å². The summed E-state index contributed by atoms with van der Waals surface area (Å²) < 4.78 is 1.22. The molecule has 0 unspecified atom stereocenters. The fourth-order valence-electron chi connectivity index (χ4n) is 2.46. The molecule has 1 N–H and O–H groups in total. The number of aromatic nitrogens is 1. The first-order valence-corrected chi connectivity index (χ1v) is 8.65. The van der Waals surface area contributed by atoms with E-state index in [2.05, 4.69) is 28.5 Å². The molecule has 0 aliphatic heterocycles. The van der Waals surface area contributed by atoms with Gasteiger partial charge >= 0.3 is 0 Å².